The predicted molar refractivity (Wildman–Crippen MR) is 83.4 cm³/mol. The number of carbonyl (C=O) groups excluding carboxylic acids is 1. The lowest BCUT2D eigenvalue weighted by molar-refractivity contribution is 0.102. The zero-order valence-electron chi connectivity index (χ0n) is 12.2. The molecule has 0 aliphatic carbocycles. The molecule has 1 aromatic heterocycles. The summed E-state index contributed by atoms with van der Waals surface area (Å²) in [7, 11) is 0. The van der Waals surface area contributed by atoms with Crippen molar-refractivity contribution in [3.05, 3.63) is 54.0 Å². The van der Waals surface area contributed by atoms with E-state index in [9.17, 15) is 9.18 Å². The number of nitrogens with one attached hydrogen (secondary N) is 2. The lowest BCUT2D eigenvalue weighted by Crippen LogP contribution is -2.23. The van der Waals surface area contributed by atoms with Crippen LogP contribution in [0.3, 0.4) is 0 Å². The molecule has 0 aliphatic rings. The normalized spacial score (nSPS) is 11.8. The lowest BCUT2D eigenvalue weighted by Gasteiger charge is -2.14. The van der Waals surface area contributed by atoms with Gasteiger partial charge in [-0.25, -0.2) is 9.37 Å². The minimum absolute atomic E-state index is 0.0290. The molecule has 0 radical (unpaired) electrons. The van der Waals surface area contributed by atoms with E-state index in [-0.39, 0.29) is 24.4 Å². The zero-order valence-corrected chi connectivity index (χ0v) is 12.2. The van der Waals surface area contributed by atoms with Crippen molar-refractivity contribution < 1.29 is 14.3 Å². The largest absolute Gasteiger partial charge is 0.394 e. The van der Waals surface area contributed by atoms with Gasteiger partial charge in [0.05, 0.1) is 24.5 Å². The van der Waals surface area contributed by atoms with Gasteiger partial charge in [0.15, 0.2) is 0 Å². The number of pyridine rings is 1. The Hall–Kier alpha value is -2.47. The molecule has 3 N–H and O–H groups in total. The first-order valence-electron chi connectivity index (χ1n) is 7.02. The van der Waals surface area contributed by atoms with Crippen LogP contribution in [0.1, 0.15) is 23.7 Å². The topological polar surface area (TPSA) is 74.2 Å². The summed E-state index contributed by atoms with van der Waals surface area (Å²) in [4.78, 5) is 16.1. The summed E-state index contributed by atoms with van der Waals surface area (Å²) in [5.41, 5.74) is 0.909. The molecule has 22 heavy (non-hydrogen) atoms. The molecule has 6 heteroatoms. The van der Waals surface area contributed by atoms with Gasteiger partial charge in [-0.3, -0.25) is 4.79 Å². The van der Waals surface area contributed by atoms with E-state index in [1.54, 1.807) is 12.1 Å². The van der Waals surface area contributed by atoms with Gasteiger partial charge in [-0.15, -0.1) is 0 Å². The SMILES string of the molecule is CCC(CO)Nc1ccc(NC(=O)c2ccc(F)cc2)cn1. The molecule has 1 aromatic carbocycles. The first-order valence-corrected chi connectivity index (χ1v) is 7.02. The van der Waals surface area contributed by atoms with Gasteiger partial charge in [0.2, 0.25) is 0 Å². The van der Waals surface area contributed by atoms with Crippen molar-refractivity contribution >= 4 is 17.4 Å². The molecule has 1 amide bonds. The number of benzene rings is 1. The maximum atomic E-state index is 12.8. The van der Waals surface area contributed by atoms with E-state index in [0.29, 0.717) is 17.1 Å². The number of aliphatic hydroxyl groups is 1. The van der Waals surface area contributed by atoms with Crippen molar-refractivity contribution in [3.63, 3.8) is 0 Å². The number of hydrogen-bond donors (Lipinski definition) is 3. The van der Waals surface area contributed by atoms with Gasteiger partial charge in [-0.05, 0) is 42.8 Å². The Balaban J connectivity index is 1.98. The molecule has 0 aliphatic heterocycles. The number of aliphatic hydroxyl groups excluding tert-OH is 1. The van der Waals surface area contributed by atoms with E-state index >= 15 is 0 Å². The summed E-state index contributed by atoms with van der Waals surface area (Å²) < 4.78 is 12.8. The van der Waals surface area contributed by atoms with Gasteiger partial charge in [0.1, 0.15) is 11.6 Å². The van der Waals surface area contributed by atoms with Gasteiger partial charge < -0.3 is 15.7 Å². The third kappa shape index (κ3) is 4.26. The number of nitrogens with zero attached hydrogens (tertiary/aromatic N) is 1. The maximum Gasteiger partial charge on any atom is 0.255 e. The minimum Gasteiger partial charge on any atom is -0.394 e. The van der Waals surface area contributed by atoms with E-state index in [1.807, 2.05) is 6.92 Å². The molecule has 5 nitrogen and oxygen atoms in total. The van der Waals surface area contributed by atoms with E-state index in [0.717, 1.165) is 6.42 Å². The molecular weight excluding hydrogens is 285 g/mol. The van der Waals surface area contributed by atoms with Crippen molar-refractivity contribution in [2.45, 2.75) is 19.4 Å². The third-order valence-corrected chi connectivity index (χ3v) is 3.19. The van der Waals surface area contributed by atoms with Crippen LogP contribution in [-0.4, -0.2) is 28.6 Å². The highest BCUT2D eigenvalue weighted by molar-refractivity contribution is 6.04. The predicted octanol–water partition coefficient (Wildman–Crippen LogP) is 2.66. The molecule has 1 heterocycles. The number of anilines is 2. The summed E-state index contributed by atoms with van der Waals surface area (Å²) in [5.74, 6) is -0.0898. The van der Waals surface area contributed by atoms with Gasteiger partial charge >= 0.3 is 0 Å². The van der Waals surface area contributed by atoms with Crippen molar-refractivity contribution in [2.75, 3.05) is 17.2 Å². The fourth-order valence-corrected chi connectivity index (χ4v) is 1.84. The zero-order chi connectivity index (χ0) is 15.9. The molecule has 1 atom stereocenters. The Morgan fingerprint density at radius 1 is 1.27 bits per heavy atom. The highest BCUT2D eigenvalue weighted by Crippen LogP contribution is 2.13. The standard InChI is InChI=1S/C16H18FN3O2/c1-2-13(10-21)19-15-8-7-14(9-18-15)20-16(22)11-3-5-12(17)6-4-11/h3-9,13,21H,2,10H2,1H3,(H,18,19)(H,20,22). The second-order valence-corrected chi connectivity index (χ2v) is 4.83. The monoisotopic (exact) mass is 303 g/mol. The average molecular weight is 303 g/mol. The Labute approximate surface area is 128 Å². The highest BCUT2D eigenvalue weighted by atomic mass is 19.1. The molecule has 116 valence electrons. The summed E-state index contributed by atoms with van der Waals surface area (Å²) in [6, 6.07) is 8.69. The van der Waals surface area contributed by atoms with Crippen LogP contribution in [0.2, 0.25) is 0 Å². The van der Waals surface area contributed by atoms with Crippen LogP contribution < -0.4 is 10.6 Å². The number of hydrogen-bond acceptors (Lipinski definition) is 4. The van der Waals surface area contributed by atoms with Crippen LogP contribution in [0, 0.1) is 5.82 Å². The average Bonchev–Trinajstić information content (AvgIpc) is 2.54. The van der Waals surface area contributed by atoms with Gasteiger partial charge in [0, 0.05) is 5.56 Å². The van der Waals surface area contributed by atoms with Gasteiger partial charge in [-0.2, -0.15) is 0 Å². The number of halogens is 1. The van der Waals surface area contributed by atoms with Crippen LogP contribution in [0.4, 0.5) is 15.9 Å². The number of amides is 1. The first kappa shape index (κ1) is 15.9. The lowest BCUT2D eigenvalue weighted by atomic mass is 10.2. The maximum absolute atomic E-state index is 12.8. The Morgan fingerprint density at radius 2 is 2.00 bits per heavy atom. The molecule has 0 fully saturated rings. The quantitative estimate of drug-likeness (QED) is 0.767. The summed E-state index contributed by atoms with van der Waals surface area (Å²) >= 11 is 0. The Kier molecular flexibility index (Phi) is 5.43. The molecular formula is C16H18FN3O2. The Morgan fingerprint density at radius 3 is 2.55 bits per heavy atom. The number of carbonyl (C=O) groups is 1. The second-order valence-electron chi connectivity index (χ2n) is 4.83. The summed E-state index contributed by atoms with van der Waals surface area (Å²) in [6.45, 7) is 1.99. The summed E-state index contributed by atoms with van der Waals surface area (Å²) in [6.07, 6.45) is 2.30. The van der Waals surface area contributed by atoms with Crippen LogP contribution in [0.5, 0.6) is 0 Å². The van der Waals surface area contributed by atoms with Crippen molar-refractivity contribution in [3.8, 4) is 0 Å². The fourth-order valence-electron chi connectivity index (χ4n) is 1.84. The van der Waals surface area contributed by atoms with Crippen LogP contribution in [-0.2, 0) is 0 Å². The molecule has 0 saturated heterocycles. The molecule has 0 saturated carbocycles. The Bertz CT molecular complexity index is 610. The number of aromatic nitrogens is 1. The summed E-state index contributed by atoms with van der Waals surface area (Å²) in [5, 5.41) is 14.9. The smallest absolute Gasteiger partial charge is 0.255 e. The molecule has 0 spiro atoms. The van der Waals surface area contributed by atoms with Gasteiger partial charge in [0.25, 0.3) is 5.91 Å². The second kappa shape index (κ2) is 7.51. The van der Waals surface area contributed by atoms with E-state index in [2.05, 4.69) is 15.6 Å². The first-order chi connectivity index (χ1) is 10.6. The molecule has 2 rings (SSSR count). The van der Waals surface area contributed by atoms with Crippen LogP contribution in [0.15, 0.2) is 42.6 Å². The van der Waals surface area contributed by atoms with Crippen LogP contribution >= 0.6 is 0 Å². The molecule has 1 unspecified atom stereocenters. The number of rotatable bonds is 6. The fraction of sp³-hybridized carbons (Fsp3) is 0.250. The van der Waals surface area contributed by atoms with E-state index in [1.165, 1.54) is 30.5 Å². The third-order valence-electron chi connectivity index (χ3n) is 3.19. The molecule has 0 bridgehead atoms. The van der Waals surface area contributed by atoms with Crippen molar-refractivity contribution in [2.24, 2.45) is 0 Å². The highest BCUT2D eigenvalue weighted by Gasteiger charge is 2.08. The van der Waals surface area contributed by atoms with Gasteiger partial charge in [-0.1, -0.05) is 6.92 Å². The van der Waals surface area contributed by atoms with E-state index < -0.39 is 0 Å². The van der Waals surface area contributed by atoms with E-state index in [4.69, 9.17) is 5.11 Å². The van der Waals surface area contributed by atoms with Crippen molar-refractivity contribution in [1.82, 2.24) is 4.98 Å². The minimum atomic E-state index is -0.386. The van der Waals surface area contributed by atoms with Crippen molar-refractivity contribution in [1.29, 1.82) is 0 Å². The molecule has 2 aromatic rings. The van der Waals surface area contributed by atoms with Crippen LogP contribution in [0.25, 0.3) is 0 Å².